The molecule has 0 aliphatic rings. The van der Waals surface area contributed by atoms with E-state index in [-0.39, 0.29) is 23.6 Å². The van der Waals surface area contributed by atoms with Crippen molar-refractivity contribution in [2.45, 2.75) is 146 Å². The van der Waals surface area contributed by atoms with Gasteiger partial charge in [-0.25, -0.2) is 10.7 Å². The minimum atomic E-state index is -0.931. The largest absolute Gasteiger partial charge is 0.453 e. The molecule has 0 rings (SSSR count). The minimum Gasteiger partial charge on any atom is -0.453 e. The van der Waals surface area contributed by atoms with Crippen LogP contribution in [0, 0.1) is 16.7 Å². The quantitative estimate of drug-likeness (QED) is 0.106. The Hall–Kier alpha value is -3.52. The van der Waals surface area contributed by atoms with Gasteiger partial charge >= 0.3 is 6.09 Å². The zero-order chi connectivity index (χ0) is 40.5. The fraction of sp³-hybridized carbons (Fsp3) is 0.784. The summed E-state index contributed by atoms with van der Waals surface area (Å²) in [6.45, 7) is 23.2. The highest BCUT2D eigenvalue weighted by atomic mass is 16.6. The van der Waals surface area contributed by atoms with Gasteiger partial charge in [-0.15, -0.1) is 0 Å². The summed E-state index contributed by atoms with van der Waals surface area (Å²) < 4.78 is 4.52. The monoisotopic (exact) mass is 729 g/mol. The number of likely N-dealkylation sites (N-methyl/N-ethyl adjacent to an activating group) is 1. The van der Waals surface area contributed by atoms with Crippen LogP contribution in [0.5, 0.6) is 0 Å². The van der Waals surface area contributed by atoms with Crippen molar-refractivity contribution in [3.8, 4) is 0 Å². The summed E-state index contributed by atoms with van der Waals surface area (Å²) in [4.78, 5) is 78.5. The Morgan fingerprint density at radius 2 is 1.29 bits per heavy atom. The van der Waals surface area contributed by atoms with Crippen LogP contribution >= 0.6 is 0 Å². The normalized spacial score (nSPS) is 14.1. The number of nitrogens with two attached hydrogens (primary N) is 1. The molecule has 298 valence electrons. The van der Waals surface area contributed by atoms with Crippen LogP contribution in [0.25, 0.3) is 0 Å². The summed E-state index contributed by atoms with van der Waals surface area (Å²) in [5.41, 5.74) is -1.20. The van der Waals surface area contributed by atoms with Crippen LogP contribution in [0.3, 0.4) is 0 Å². The van der Waals surface area contributed by atoms with Crippen LogP contribution in [0.2, 0.25) is 0 Å². The number of Topliss-reactive ketones (excluding diaryl/α,β-unsaturated/α-hetero) is 1. The maximum atomic E-state index is 13.3. The molecule has 0 aliphatic carbocycles. The van der Waals surface area contributed by atoms with Crippen molar-refractivity contribution >= 4 is 35.5 Å². The van der Waals surface area contributed by atoms with Gasteiger partial charge in [0.2, 0.25) is 23.6 Å². The molecule has 2 unspecified atom stereocenters. The molecule has 14 heteroatoms. The molecule has 0 spiro atoms. The molecule has 6 N–H and O–H groups in total. The lowest BCUT2D eigenvalue weighted by molar-refractivity contribution is -0.140. The van der Waals surface area contributed by atoms with Crippen molar-refractivity contribution in [2.24, 2.45) is 22.6 Å². The highest BCUT2D eigenvalue weighted by Gasteiger charge is 2.40. The number of hydrogen-bond acceptors (Lipinski definition) is 9. The lowest BCUT2D eigenvalue weighted by Crippen LogP contribution is -2.62. The first-order valence-corrected chi connectivity index (χ1v) is 17.8. The molecule has 51 heavy (non-hydrogen) atoms. The molecule has 0 saturated heterocycles. The second-order valence-corrected chi connectivity index (χ2v) is 14.9. The fourth-order valence-corrected chi connectivity index (χ4v) is 4.38. The maximum absolute atomic E-state index is 13.3. The molecule has 0 fully saturated rings. The number of allylic oxidation sites excluding steroid dienone is 2. The Morgan fingerprint density at radius 3 is 1.73 bits per heavy atom. The van der Waals surface area contributed by atoms with Gasteiger partial charge in [-0.2, -0.15) is 0 Å². The van der Waals surface area contributed by atoms with Crippen LogP contribution in [-0.2, 0) is 33.5 Å². The van der Waals surface area contributed by atoms with Crippen LogP contribution in [0.15, 0.2) is 12.2 Å². The van der Waals surface area contributed by atoms with Crippen LogP contribution in [-0.4, -0.2) is 92.4 Å². The summed E-state index contributed by atoms with van der Waals surface area (Å²) >= 11 is 0. The second-order valence-electron chi connectivity index (χ2n) is 14.9. The van der Waals surface area contributed by atoms with Crippen molar-refractivity contribution in [3.63, 3.8) is 0 Å². The van der Waals surface area contributed by atoms with E-state index in [0.29, 0.717) is 31.7 Å². The zero-order valence-electron chi connectivity index (χ0n) is 34.3. The second kappa shape index (κ2) is 27.2. The Kier molecular flexibility index (Phi) is 27.6. The maximum Gasteiger partial charge on any atom is 0.407 e. The third-order valence-corrected chi connectivity index (χ3v) is 7.72. The van der Waals surface area contributed by atoms with Crippen LogP contribution < -0.4 is 27.2 Å². The first-order chi connectivity index (χ1) is 23.5. The van der Waals surface area contributed by atoms with Crippen molar-refractivity contribution in [2.75, 3.05) is 27.8 Å². The van der Waals surface area contributed by atoms with E-state index < -0.39 is 46.9 Å². The molecule has 5 atom stereocenters. The molecule has 0 saturated carbocycles. The Morgan fingerprint density at radius 1 is 0.784 bits per heavy atom. The van der Waals surface area contributed by atoms with Crippen LogP contribution in [0.1, 0.15) is 122 Å². The number of rotatable bonds is 17. The number of nitrogens with one attached hydrogen (secondary N) is 4. The average molecular weight is 729 g/mol. The van der Waals surface area contributed by atoms with Crippen molar-refractivity contribution in [1.82, 2.24) is 26.2 Å². The molecule has 0 aliphatic heterocycles. The van der Waals surface area contributed by atoms with E-state index in [1.54, 1.807) is 11.9 Å². The van der Waals surface area contributed by atoms with E-state index in [2.05, 4.69) is 49.7 Å². The van der Waals surface area contributed by atoms with Crippen molar-refractivity contribution in [3.05, 3.63) is 12.2 Å². The molecule has 14 nitrogen and oxygen atoms in total. The van der Waals surface area contributed by atoms with E-state index in [0.717, 1.165) is 19.3 Å². The van der Waals surface area contributed by atoms with Gasteiger partial charge in [0.05, 0.1) is 14.2 Å². The van der Waals surface area contributed by atoms with Crippen molar-refractivity contribution < 1.29 is 38.3 Å². The summed E-state index contributed by atoms with van der Waals surface area (Å²) in [5.74, 6) is 3.68. The SMILES string of the molecule is C/C=C\[C@H](C)CCN(C)C(=O)C(NC(=O)C(NC(=O)[C@@H](C)NC(=O)OC)C(C)(C)C)C(C)(C)C.CCCC(=O)CCC(=O)N[C@@H](C)CC.CON. The van der Waals surface area contributed by atoms with Gasteiger partial charge in [0.1, 0.15) is 23.9 Å². The van der Waals surface area contributed by atoms with Crippen LogP contribution in [0.4, 0.5) is 4.79 Å². The Balaban J connectivity index is -0.00000112. The Labute approximate surface area is 308 Å². The van der Waals surface area contributed by atoms with Gasteiger partial charge in [0.15, 0.2) is 0 Å². The van der Waals surface area contributed by atoms with E-state index >= 15 is 0 Å². The highest BCUT2D eigenvalue weighted by molar-refractivity contribution is 5.94. The number of amides is 5. The van der Waals surface area contributed by atoms with E-state index in [9.17, 15) is 28.8 Å². The zero-order valence-corrected chi connectivity index (χ0v) is 34.3. The summed E-state index contributed by atoms with van der Waals surface area (Å²) in [5, 5.41) is 10.8. The van der Waals surface area contributed by atoms with Crippen molar-refractivity contribution in [1.29, 1.82) is 0 Å². The number of carbonyl (C=O) groups is 6. The number of alkyl carbamates (subject to hydrolysis) is 1. The molecule has 0 aromatic carbocycles. The third kappa shape index (κ3) is 25.1. The predicted octanol–water partition coefficient (Wildman–Crippen LogP) is 4.41. The smallest absolute Gasteiger partial charge is 0.407 e. The predicted molar refractivity (Wildman–Crippen MR) is 202 cm³/mol. The van der Waals surface area contributed by atoms with Gasteiger partial charge in [0, 0.05) is 38.9 Å². The topological polar surface area (TPSA) is 198 Å². The molecule has 0 aromatic rings. The summed E-state index contributed by atoms with van der Waals surface area (Å²) in [7, 11) is 4.34. The summed E-state index contributed by atoms with van der Waals surface area (Å²) in [6, 6.07) is -2.41. The lowest BCUT2D eigenvalue weighted by atomic mass is 9.83. The molecule has 0 bridgehead atoms. The number of carbonyl (C=O) groups excluding carboxylic acids is 6. The molecule has 0 heterocycles. The highest BCUT2D eigenvalue weighted by Crippen LogP contribution is 2.24. The molecule has 0 radical (unpaired) electrons. The lowest BCUT2D eigenvalue weighted by Gasteiger charge is -2.37. The molecular weight excluding hydrogens is 656 g/mol. The minimum absolute atomic E-state index is 0.0104. The number of ketones is 1. The van der Waals surface area contributed by atoms with Gasteiger partial charge in [-0.05, 0) is 56.8 Å². The molecule has 0 aromatic heterocycles. The summed E-state index contributed by atoms with van der Waals surface area (Å²) in [6.07, 6.45) is 7.25. The first-order valence-electron chi connectivity index (χ1n) is 17.8. The van der Waals surface area contributed by atoms with Gasteiger partial charge in [0.25, 0.3) is 0 Å². The third-order valence-electron chi connectivity index (χ3n) is 7.72. The van der Waals surface area contributed by atoms with Gasteiger partial charge in [-0.3, -0.25) is 24.0 Å². The first kappa shape index (κ1) is 51.8. The van der Waals surface area contributed by atoms with E-state index in [1.165, 1.54) is 21.1 Å². The molecular formula is C37H72N6O8. The number of methoxy groups -OCH3 is 1. The Bertz CT molecular complexity index is 1080. The standard InChI is InChI=1S/C25H46N4O5.C11H21NO2.CH5NO/c1-12-13-16(2)14-15-29(10)22(32)19(25(7,8)9)28-21(31)18(24(4,5)6)27-20(30)17(3)26-23(33)34-11;1-4-6-10(13)7-8-11(14)12-9(3)5-2;1-3-2/h12-13,16-19H,14-15H2,1-11H3,(H,26,33)(H,27,30)(H,28,31);9H,4-8H2,1-3H3,(H,12,14);2H2,1H3/b13-12-;;/t16-,17+,18?,19?;9-;/m00./s1. The fourth-order valence-electron chi connectivity index (χ4n) is 4.38. The van der Waals surface area contributed by atoms with E-state index in [1.807, 2.05) is 75.3 Å². The average Bonchev–Trinajstić information content (AvgIpc) is 3.03. The van der Waals surface area contributed by atoms with E-state index in [4.69, 9.17) is 0 Å². The number of nitrogens with zero attached hydrogens (tertiary/aromatic N) is 1. The van der Waals surface area contributed by atoms with Gasteiger partial charge in [-0.1, -0.05) is 74.5 Å². The molecule has 5 amide bonds. The van der Waals surface area contributed by atoms with Gasteiger partial charge < -0.3 is 35.7 Å². The number of hydrogen-bond donors (Lipinski definition) is 5. The number of ether oxygens (including phenoxy) is 1.